The Kier molecular flexibility index (Phi) is 3.76. The van der Waals surface area contributed by atoms with E-state index < -0.39 is 10.0 Å². The van der Waals surface area contributed by atoms with Crippen molar-refractivity contribution < 1.29 is 8.42 Å². The van der Waals surface area contributed by atoms with E-state index in [0.29, 0.717) is 19.0 Å². The molecule has 1 aromatic carbocycles. The number of halogens is 1. The van der Waals surface area contributed by atoms with Crippen molar-refractivity contribution in [3.05, 3.63) is 35.4 Å². The molecule has 0 saturated heterocycles. The predicted octanol–water partition coefficient (Wildman–Crippen LogP) is 2.21. The third-order valence-corrected chi connectivity index (χ3v) is 5.53. The van der Waals surface area contributed by atoms with Gasteiger partial charge in [0.2, 0.25) is 10.0 Å². The zero-order valence-corrected chi connectivity index (χ0v) is 11.3. The van der Waals surface area contributed by atoms with Gasteiger partial charge in [0.15, 0.2) is 0 Å². The van der Waals surface area contributed by atoms with Crippen molar-refractivity contribution in [2.75, 3.05) is 11.6 Å². The van der Waals surface area contributed by atoms with Gasteiger partial charge >= 0.3 is 0 Å². The summed E-state index contributed by atoms with van der Waals surface area (Å²) in [4.78, 5) is 0. The summed E-state index contributed by atoms with van der Waals surface area (Å²) in [5.74, 6) is 0.496. The Balaban J connectivity index is 2.12. The molecule has 2 rings (SSSR count). The molecule has 0 fully saturated rings. The number of benzene rings is 1. The van der Waals surface area contributed by atoms with Gasteiger partial charge in [0.25, 0.3) is 0 Å². The molecule has 0 aliphatic carbocycles. The topological polar surface area (TPSA) is 37.4 Å². The molecule has 5 heteroatoms. The fourth-order valence-corrected chi connectivity index (χ4v) is 3.97. The highest BCUT2D eigenvalue weighted by Gasteiger charge is 2.29. The van der Waals surface area contributed by atoms with Gasteiger partial charge in [0.1, 0.15) is 0 Å². The first kappa shape index (κ1) is 12.9. The summed E-state index contributed by atoms with van der Waals surface area (Å²) in [5.41, 5.74) is 2.21. The SMILES string of the molecule is CC(CCl)CS(=O)(=O)N1Cc2ccccc2C1. The Bertz CT molecular complexity index is 476. The highest BCUT2D eigenvalue weighted by atomic mass is 35.5. The summed E-state index contributed by atoms with van der Waals surface area (Å²) >= 11 is 5.67. The van der Waals surface area contributed by atoms with Crippen molar-refractivity contribution in [2.24, 2.45) is 5.92 Å². The maximum Gasteiger partial charge on any atom is 0.215 e. The van der Waals surface area contributed by atoms with Crippen LogP contribution < -0.4 is 0 Å². The van der Waals surface area contributed by atoms with Gasteiger partial charge in [0.05, 0.1) is 5.75 Å². The normalized spacial score (nSPS) is 18.0. The monoisotopic (exact) mass is 273 g/mol. The molecule has 1 aliphatic rings. The number of hydrogen-bond donors (Lipinski definition) is 0. The second-order valence-electron chi connectivity index (χ2n) is 4.57. The summed E-state index contributed by atoms with van der Waals surface area (Å²) in [6.07, 6.45) is 0. The van der Waals surface area contributed by atoms with Gasteiger partial charge in [0, 0.05) is 19.0 Å². The second kappa shape index (κ2) is 4.96. The molecular formula is C12H16ClNO2S. The van der Waals surface area contributed by atoms with Crippen LogP contribution in [-0.4, -0.2) is 24.4 Å². The lowest BCUT2D eigenvalue weighted by molar-refractivity contribution is 0.426. The van der Waals surface area contributed by atoms with Crippen LogP contribution in [0.5, 0.6) is 0 Å². The average Bonchev–Trinajstić information content (AvgIpc) is 2.72. The molecule has 0 radical (unpaired) electrons. The van der Waals surface area contributed by atoms with Gasteiger partial charge in [-0.05, 0) is 17.0 Å². The Hall–Kier alpha value is -0.580. The molecule has 1 aliphatic heterocycles. The second-order valence-corrected chi connectivity index (χ2v) is 6.90. The summed E-state index contributed by atoms with van der Waals surface area (Å²) in [6.45, 7) is 2.84. The van der Waals surface area contributed by atoms with Gasteiger partial charge < -0.3 is 0 Å². The fraction of sp³-hybridized carbons (Fsp3) is 0.500. The number of rotatable bonds is 4. The molecule has 3 nitrogen and oxygen atoms in total. The van der Waals surface area contributed by atoms with Gasteiger partial charge in [-0.2, -0.15) is 4.31 Å². The molecule has 0 N–H and O–H groups in total. The molecule has 0 spiro atoms. The average molecular weight is 274 g/mol. The third-order valence-electron chi connectivity index (χ3n) is 2.96. The van der Waals surface area contributed by atoms with Crippen LogP contribution in [-0.2, 0) is 23.1 Å². The minimum absolute atomic E-state index is 0.00891. The van der Waals surface area contributed by atoms with Crippen LogP contribution in [0.1, 0.15) is 18.1 Å². The molecule has 0 bridgehead atoms. The number of fused-ring (bicyclic) bond motifs is 1. The first-order chi connectivity index (χ1) is 8.03. The fourth-order valence-electron chi connectivity index (χ4n) is 2.01. The lowest BCUT2D eigenvalue weighted by Crippen LogP contribution is -2.31. The molecule has 0 saturated carbocycles. The van der Waals surface area contributed by atoms with Crippen molar-refractivity contribution in [1.29, 1.82) is 0 Å². The standard InChI is InChI=1S/C12H16ClNO2S/c1-10(6-13)9-17(15,16)14-7-11-4-2-3-5-12(11)8-14/h2-5,10H,6-9H2,1H3. The Morgan fingerprint density at radius 3 is 2.29 bits per heavy atom. The van der Waals surface area contributed by atoms with E-state index in [2.05, 4.69) is 0 Å². The maximum absolute atomic E-state index is 12.1. The number of hydrogen-bond acceptors (Lipinski definition) is 2. The molecule has 0 amide bonds. The zero-order valence-electron chi connectivity index (χ0n) is 9.77. The predicted molar refractivity (Wildman–Crippen MR) is 69.4 cm³/mol. The quantitative estimate of drug-likeness (QED) is 0.789. The van der Waals surface area contributed by atoms with Crippen molar-refractivity contribution in [1.82, 2.24) is 4.31 Å². The summed E-state index contributed by atoms with van der Waals surface area (Å²) in [5, 5.41) is 0. The van der Waals surface area contributed by atoms with E-state index >= 15 is 0 Å². The molecule has 17 heavy (non-hydrogen) atoms. The van der Waals surface area contributed by atoms with E-state index in [0.717, 1.165) is 11.1 Å². The lowest BCUT2D eigenvalue weighted by Gasteiger charge is -2.17. The zero-order chi connectivity index (χ0) is 12.5. The van der Waals surface area contributed by atoms with Crippen LogP contribution >= 0.6 is 11.6 Å². The van der Waals surface area contributed by atoms with Crippen LogP contribution in [0.4, 0.5) is 0 Å². The summed E-state index contributed by atoms with van der Waals surface area (Å²) < 4.78 is 25.8. The van der Waals surface area contributed by atoms with Crippen LogP contribution in [0.3, 0.4) is 0 Å². The summed E-state index contributed by atoms with van der Waals surface area (Å²) in [6, 6.07) is 7.85. The molecule has 1 aromatic rings. The highest BCUT2D eigenvalue weighted by molar-refractivity contribution is 7.89. The van der Waals surface area contributed by atoms with Crippen molar-refractivity contribution >= 4 is 21.6 Å². The molecular weight excluding hydrogens is 258 g/mol. The first-order valence-corrected chi connectivity index (χ1v) is 7.78. The smallest absolute Gasteiger partial charge is 0.212 e. The van der Waals surface area contributed by atoms with E-state index in [1.807, 2.05) is 31.2 Å². The molecule has 1 unspecified atom stereocenters. The van der Waals surface area contributed by atoms with Gasteiger partial charge in [-0.15, -0.1) is 11.6 Å². The van der Waals surface area contributed by atoms with Gasteiger partial charge in [-0.3, -0.25) is 0 Å². The Morgan fingerprint density at radius 2 is 1.82 bits per heavy atom. The van der Waals surface area contributed by atoms with Crippen LogP contribution in [0.2, 0.25) is 0 Å². The largest absolute Gasteiger partial charge is 0.215 e. The van der Waals surface area contributed by atoms with Gasteiger partial charge in [-0.25, -0.2) is 8.42 Å². The number of alkyl halides is 1. The van der Waals surface area contributed by atoms with Crippen molar-refractivity contribution in [3.63, 3.8) is 0 Å². The van der Waals surface area contributed by atoms with E-state index in [9.17, 15) is 8.42 Å². The molecule has 1 atom stereocenters. The first-order valence-electron chi connectivity index (χ1n) is 5.63. The molecule has 0 aromatic heterocycles. The van der Waals surface area contributed by atoms with Crippen LogP contribution in [0.25, 0.3) is 0 Å². The van der Waals surface area contributed by atoms with Crippen molar-refractivity contribution in [2.45, 2.75) is 20.0 Å². The third kappa shape index (κ3) is 2.81. The lowest BCUT2D eigenvalue weighted by atomic mass is 10.1. The Morgan fingerprint density at radius 1 is 1.29 bits per heavy atom. The van der Waals surface area contributed by atoms with Crippen molar-refractivity contribution in [3.8, 4) is 0 Å². The van der Waals surface area contributed by atoms with Crippen LogP contribution in [0.15, 0.2) is 24.3 Å². The molecule has 94 valence electrons. The highest BCUT2D eigenvalue weighted by Crippen LogP contribution is 2.25. The van der Waals surface area contributed by atoms with E-state index in [-0.39, 0.29) is 11.7 Å². The van der Waals surface area contributed by atoms with Gasteiger partial charge in [-0.1, -0.05) is 31.2 Å². The van der Waals surface area contributed by atoms with Crippen LogP contribution in [0, 0.1) is 5.92 Å². The Labute approximate surface area is 107 Å². The minimum atomic E-state index is -3.19. The maximum atomic E-state index is 12.1. The number of nitrogens with zero attached hydrogens (tertiary/aromatic N) is 1. The van der Waals surface area contributed by atoms with E-state index in [4.69, 9.17) is 11.6 Å². The van der Waals surface area contributed by atoms with E-state index in [1.54, 1.807) is 4.31 Å². The molecule has 1 heterocycles. The number of sulfonamides is 1. The minimum Gasteiger partial charge on any atom is -0.212 e. The summed E-state index contributed by atoms with van der Waals surface area (Å²) in [7, 11) is -3.19. The van der Waals surface area contributed by atoms with E-state index in [1.165, 1.54) is 0 Å².